The minimum absolute atomic E-state index is 0.0517. The minimum Gasteiger partial charge on any atom is -0.481 e. The molecule has 2 aliphatic carbocycles. The largest absolute Gasteiger partial charge is 0.481 e. The van der Waals surface area contributed by atoms with Gasteiger partial charge in [-0.05, 0) is 44.4 Å². The number of nitrogens with one attached hydrogen (secondary N) is 1. The molecule has 2 amide bonds. The van der Waals surface area contributed by atoms with Crippen molar-refractivity contribution in [2.75, 3.05) is 13.1 Å². The summed E-state index contributed by atoms with van der Waals surface area (Å²) >= 11 is 0. The van der Waals surface area contributed by atoms with Crippen LogP contribution in [0.5, 0.6) is 0 Å². The van der Waals surface area contributed by atoms with E-state index < -0.39 is 11.4 Å². The van der Waals surface area contributed by atoms with Crippen molar-refractivity contribution in [3.8, 4) is 0 Å². The molecule has 3 aliphatic rings. The van der Waals surface area contributed by atoms with E-state index in [2.05, 4.69) is 5.32 Å². The fourth-order valence-electron chi connectivity index (χ4n) is 3.67. The van der Waals surface area contributed by atoms with Gasteiger partial charge in [0.15, 0.2) is 0 Å². The predicted octanol–water partition coefficient (Wildman–Crippen LogP) is 1.83. The Labute approximate surface area is 113 Å². The second-order valence-electron chi connectivity index (χ2n) is 6.34. The van der Waals surface area contributed by atoms with Gasteiger partial charge < -0.3 is 15.3 Å². The molecule has 2 unspecified atom stereocenters. The number of carboxylic acids is 1. The molecule has 106 valence electrons. The lowest BCUT2D eigenvalue weighted by atomic mass is 9.92. The molecule has 2 saturated carbocycles. The van der Waals surface area contributed by atoms with Crippen LogP contribution in [0.4, 0.5) is 4.79 Å². The Kier molecular flexibility index (Phi) is 3.15. The number of hydrogen-bond donors (Lipinski definition) is 2. The molecule has 3 fully saturated rings. The lowest BCUT2D eigenvalue weighted by molar-refractivity contribution is -0.143. The maximum Gasteiger partial charge on any atom is 0.317 e. The first-order valence-corrected chi connectivity index (χ1v) is 7.40. The first-order valence-electron chi connectivity index (χ1n) is 7.40. The first kappa shape index (κ1) is 12.8. The molecule has 0 aromatic rings. The van der Waals surface area contributed by atoms with Gasteiger partial charge in [-0.2, -0.15) is 0 Å². The molecule has 0 bridgehead atoms. The summed E-state index contributed by atoms with van der Waals surface area (Å²) in [5.74, 6) is -0.0981. The Morgan fingerprint density at radius 2 is 1.95 bits per heavy atom. The Morgan fingerprint density at radius 1 is 1.21 bits per heavy atom. The summed E-state index contributed by atoms with van der Waals surface area (Å²) in [5, 5.41) is 12.0. The van der Waals surface area contributed by atoms with E-state index in [9.17, 15) is 9.59 Å². The van der Waals surface area contributed by atoms with Crippen LogP contribution in [0.25, 0.3) is 0 Å². The molecule has 2 N–H and O–H groups in total. The number of likely N-dealkylation sites (tertiary alicyclic amines) is 1. The molecular formula is C14H22N2O3. The van der Waals surface area contributed by atoms with Crippen LogP contribution in [0.1, 0.15) is 44.9 Å². The molecule has 1 heterocycles. The standard InChI is InChI=1S/C14H22N2O3/c17-12(18)14(6-7-14)9-15-13(19)16-8-2-4-10-3-1-5-11(10)16/h10-11H,1-9H2,(H,15,19)(H,17,18). The van der Waals surface area contributed by atoms with Crippen LogP contribution in [0.2, 0.25) is 0 Å². The third-order valence-corrected chi connectivity index (χ3v) is 5.14. The van der Waals surface area contributed by atoms with Crippen LogP contribution in [0.3, 0.4) is 0 Å². The van der Waals surface area contributed by atoms with Gasteiger partial charge in [0, 0.05) is 19.1 Å². The number of hydrogen-bond acceptors (Lipinski definition) is 2. The van der Waals surface area contributed by atoms with Crippen molar-refractivity contribution in [1.29, 1.82) is 0 Å². The normalized spacial score (nSPS) is 31.7. The van der Waals surface area contributed by atoms with E-state index in [4.69, 9.17) is 5.11 Å². The summed E-state index contributed by atoms with van der Waals surface area (Å²) < 4.78 is 0. The summed E-state index contributed by atoms with van der Waals surface area (Å²) in [6.07, 6.45) is 7.28. The third-order valence-electron chi connectivity index (χ3n) is 5.14. The van der Waals surface area contributed by atoms with Crippen molar-refractivity contribution < 1.29 is 14.7 Å². The molecule has 5 heteroatoms. The molecule has 5 nitrogen and oxygen atoms in total. The number of piperidine rings is 1. The summed E-state index contributed by atoms with van der Waals surface area (Å²) in [7, 11) is 0. The van der Waals surface area contributed by atoms with Crippen LogP contribution in [-0.2, 0) is 4.79 Å². The van der Waals surface area contributed by atoms with E-state index in [0.717, 1.165) is 19.4 Å². The van der Waals surface area contributed by atoms with Crippen molar-refractivity contribution in [2.24, 2.45) is 11.3 Å². The Morgan fingerprint density at radius 3 is 2.63 bits per heavy atom. The van der Waals surface area contributed by atoms with Gasteiger partial charge in [0.2, 0.25) is 0 Å². The summed E-state index contributed by atoms with van der Waals surface area (Å²) in [4.78, 5) is 25.3. The molecule has 1 saturated heterocycles. The average Bonchev–Trinajstić information content (AvgIpc) is 3.05. The van der Waals surface area contributed by atoms with E-state index in [-0.39, 0.29) is 12.6 Å². The summed E-state index contributed by atoms with van der Waals surface area (Å²) in [6.45, 7) is 1.11. The van der Waals surface area contributed by atoms with Crippen molar-refractivity contribution in [2.45, 2.75) is 51.0 Å². The van der Waals surface area contributed by atoms with Gasteiger partial charge in [0.05, 0.1) is 5.41 Å². The molecule has 1 aliphatic heterocycles. The van der Waals surface area contributed by atoms with Gasteiger partial charge in [-0.1, -0.05) is 6.42 Å². The van der Waals surface area contributed by atoms with Crippen LogP contribution in [0.15, 0.2) is 0 Å². The minimum atomic E-state index is -0.773. The monoisotopic (exact) mass is 266 g/mol. The zero-order valence-electron chi connectivity index (χ0n) is 11.2. The third kappa shape index (κ3) is 2.30. The zero-order chi connectivity index (χ0) is 13.5. The molecule has 0 spiro atoms. The Bertz CT molecular complexity index is 392. The second kappa shape index (κ2) is 4.69. The SMILES string of the molecule is O=C(NCC1(C(=O)O)CC1)N1CCCC2CCCC21. The molecule has 3 rings (SSSR count). The number of carbonyl (C=O) groups excluding carboxylic acids is 1. The predicted molar refractivity (Wildman–Crippen MR) is 69.8 cm³/mol. The fourth-order valence-corrected chi connectivity index (χ4v) is 3.67. The molecule has 0 radical (unpaired) electrons. The Balaban J connectivity index is 1.56. The number of amides is 2. The number of fused-ring (bicyclic) bond motifs is 1. The van der Waals surface area contributed by atoms with E-state index in [1.54, 1.807) is 0 Å². The van der Waals surface area contributed by atoms with Crippen LogP contribution >= 0.6 is 0 Å². The quantitative estimate of drug-likeness (QED) is 0.818. The zero-order valence-corrected chi connectivity index (χ0v) is 11.2. The average molecular weight is 266 g/mol. The van der Waals surface area contributed by atoms with E-state index >= 15 is 0 Å². The highest BCUT2D eigenvalue weighted by atomic mass is 16.4. The lowest BCUT2D eigenvalue weighted by Gasteiger charge is -2.37. The Hall–Kier alpha value is -1.26. The van der Waals surface area contributed by atoms with E-state index in [1.165, 1.54) is 19.3 Å². The maximum absolute atomic E-state index is 12.3. The lowest BCUT2D eigenvalue weighted by Crippen LogP contribution is -2.51. The summed E-state index contributed by atoms with van der Waals surface area (Å²) in [6, 6.07) is 0.345. The second-order valence-corrected chi connectivity index (χ2v) is 6.34. The molecule has 19 heavy (non-hydrogen) atoms. The van der Waals surface area contributed by atoms with Crippen molar-refractivity contribution in [3.63, 3.8) is 0 Å². The van der Waals surface area contributed by atoms with Crippen molar-refractivity contribution >= 4 is 12.0 Å². The molecular weight excluding hydrogens is 244 g/mol. The number of nitrogens with zero attached hydrogens (tertiary/aromatic N) is 1. The first-order chi connectivity index (χ1) is 9.12. The summed E-state index contributed by atoms with van der Waals surface area (Å²) in [5.41, 5.74) is -0.666. The molecule has 0 aromatic carbocycles. The van der Waals surface area contributed by atoms with Gasteiger partial charge in [0.25, 0.3) is 0 Å². The highest BCUT2D eigenvalue weighted by Crippen LogP contribution is 2.45. The topological polar surface area (TPSA) is 69.6 Å². The number of carboxylic acid groups (broad SMARTS) is 1. The van der Waals surface area contributed by atoms with Crippen LogP contribution in [-0.4, -0.2) is 41.1 Å². The van der Waals surface area contributed by atoms with Crippen molar-refractivity contribution in [1.82, 2.24) is 10.2 Å². The van der Waals surface area contributed by atoms with Crippen molar-refractivity contribution in [3.05, 3.63) is 0 Å². The number of aliphatic carboxylic acids is 1. The van der Waals surface area contributed by atoms with Crippen LogP contribution < -0.4 is 5.32 Å². The fraction of sp³-hybridized carbons (Fsp3) is 0.857. The van der Waals surface area contributed by atoms with Gasteiger partial charge in [-0.3, -0.25) is 4.79 Å². The van der Waals surface area contributed by atoms with E-state index in [0.29, 0.717) is 24.8 Å². The smallest absolute Gasteiger partial charge is 0.317 e. The highest BCUT2D eigenvalue weighted by Gasteiger charge is 2.50. The number of urea groups is 1. The van der Waals surface area contributed by atoms with Gasteiger partial charge in [-0.25, -0.2) is 4.79 Å². The maximum atomic E-state index is 12.3. The van der Waals surface area contributed by atoms with Gasteiger partial charge in [-0.15, -0.1) is 0 Å². The molecule has 2 atom stereocenters. The highest BCUT2D eigenvalue weighted by molar-refractivity contribution is 5.80. The number of rotatable bonds is 3. The van der Waals surface area contributed by atoms with Gasteiger partial charge in [0.1, 0.15) is 0 Å². The number of carbonyl (C=O) groups is 2. The van der Waals surface area contributed by atoms with Gasteiger partial charge >= 0.3 is 12.0 Å². The molecule has 0 aromatic heterocycles. The van der Waals surface area contributed by atoms with E-state index in [1.807, 2.05) is 4.90 Å². The van der Waals surface area contributed by atoms with Crippen LogP contribution in [0, 0.1) is 11.3 Å².